The first kappa shape index (κ1) is 15.1. The molecule has 0 radical (unpaired) electrons. The molecule has 0 aromatic heterocycles. The van der Waals surface area contributed by atoms with Crippen molar-refractivity contribution in [1.82, 2.24) is 10.2 Å². The highest BCUT2D eigenvalue weighted by atomic mass is 19.4. The number of likely N-dealkylation sites (tertiary alicyclic amines) is 1. The predicted molar refractivity (Wildman–Crippen MR) is 60.3 cm³/mol. The summed E-state index contributed by atoms with van der Waals surface area (Å²) in [5.74, 6) is 0. The highest BCUT2D eigenvalue weighted by molar-refractivity contribution is 5.68. The minimum absolute atomic E-state index is 0.255. The standard InChI is InChI=1S/C11H19F3N2O2/c1-10(2,3)18-9(17)16-5-4-8(6-16)15-7-11(12,13)14/h8,15H,4-7H2,1-3H3/t8-/m0/s1. The van der Waals surface area contributed by atoms with Crippen molar-refractivity contribution in [2.45, 2.75) is 45.0 Å². The molecule has 1 fully saturated rings. The van der Waals surface area contributed by atoms with Gasteiger partial charge in [-0.05, 0) is 27.2 Å². The normalized spacial score (nSPS) is 21.2. The number of hydrogen-bond acceptors (Lipinski definition) is 3. The summed E-state index contributed by atoms with van der Waals surface area (Å²) >= 11 is 0. The Hall–Kier alpha value is -0.980. The van der Waals surface area contributed by atoms with E-state index in [-0.39, 0.29) is 12.6 Å². The Balaban J connectivity index is 2.35. The van der Waals surface area contributed by atoms with Gasteiger partial charge in [0.25, 0.3) is 0 Å². The summed E-state index contributed by atoms with van der Waals surface area (Å²) in [4.78, 5) is 13.1. The van der Waals surface area contributed by atoms with Gasteiger partial charge in [-0.3, -0.25) is 0 Å². The van der Waals surface area contributed by atoms with E-state index >= 15 is 0 Å². The van der Waals surface area contributed by atoms with Crippen LogP contribution in [0.3, 0.4) is 0 Å². The Morgan fingerprint density at radius 3 is 2.50 bits per heavy atom. The van der Waals surface area contributed by atoms with E-state index in [0.29, 0.717) is 13.0 Å². The fourth-order valence-electron chi connectivity index (χ4n) is 1.68. The molecule has 1 heterocycles. The average Bonchev–Trinajstić information content (AvgIpc) is 2.58. The number of carbonyl (C=O) groups excluding carboxylic acids is 1. The lowest BCUT2D eigenvalue weighted by Crippen LogP contribution is -2.41. The van der Waals surface area contributed by atoms with Crippen LogP contribution >= 0.6 is 0 Å². The van der Waals surface area contributed by atoms with Crippen LogP contribution < -0.4 is 5.32 Å². The number of nitrogens with zero attached hydrogens (tertiary/aromatic N) is 1. The number of ether oxygens (including phenoxy) is 1. The minimum Gasteiger partial charge on any atom is -0.444 e. The molecule has 4 nitrogen and oxygen atoms in total. The van der Waals surface area contributed by atoms with Gasteiger partial charge in [-0.25, -0.2) is 4.79 Å². The van der Waals surface area contributed by atoms with Crippen LogP contribution in [0, 0.1) is 0 Å². The minimum atomic E-state index is -4.22. The van der Waals surface area contributed by atoms with Gasteiger partial charge < -0.3 is 15.0 Å². The van der Waals surface area contributed by atoms with E-state index in [1.54, 1.807) is 20.8 Å². The van der Waals surface area contributed by atoms with Gasteiger partial charge in [0, 0.05) is 19.1 Å². The van der Waals surface area contributed by atoms with Gasteiger partial charge in [0.1, 0.15) is 5.60 Å². The molecule has 1 rings (SSSR count). The second-order valence-electron chi connectivity index (χ2n) is 5.41. The van der Waals surface area contributed by atoms with E-state index in [1.807, 2.05) is 0 Å². The van der Waals surface area contributed by atoms with E-state index in [0.717, 1.165) is 0 Å². The molecular weight excluding hydrogens is 249 g/mol. The number of alkyl halides is 3. The van der Waals surface area contributed by atoms with Crippen molar-refractivity contribution in [2.24, 2.45) is 0 Å². The van der Waals surface area contributed by atoms with E-state index in [1.165, 1.54) is 4.90 Å². The summed E-state index contributed by atoms with van der Waals surface area (Å²) in [7, 11) is 0. The molecule has 1 aliphatic rings. The molecule has 106 valence electrons. The van der Waals surface area contributed by atoms with Crippen LogP contribution in [-0.2, 0) is 4.74 Å². The Labute approximate surface area is 104 Å². The molecule has 0 aromatic carbocycles. The lowest BCUT2D eigenvalue weighted by atomic mass is 10.2. The van der Waals surface area contributed by atoms with Gasteiger partial charge in [-0.2, -0.15) is 13.2 Å². The van der Waals surface area contributed by atoms with Crippen LogP contribution in [0.1, 0.15) is 27.2 Å². The van der Waals surface area contributed by atoms with Crippen molar-refractivity contribution in [3.63, 3.8) is 0 Å². The summed E-state index contributed by atoms with van der Waals surface area (Å²) in [6, 6.07) is -0.320. The molecular formula is C11H19F3N2O2. The molecule has 1 aliphatic heterocycles. The Morgan fingerprint density at radius 1 is 1.39 bits per heavy atom. The molecule has 1 atom stereocenters. The first-order valence-electron chi connectivity index (χ1n) is 5.85. The largest absolute Gasteiger partial charge is 0.444 e. The fraction of sp³-hybridized carbons (Fsp3) is 0.909. The lowest BCUT2D eigenvalue weighted by Gasteiger charge is -2.24. The average molecular weight is 268 g/mol. The van der Waals surface area contributed by atoms with Crippen LogP contribution in [0.4, 0.5) is 18.0 Å². The highest BCUT2D eigenvalue weighted by Crippen LogP contribution is 2.17. The van der Waals surface area contributed by atoms with Crippen molar-refractivity contribution >= 4 is 6.09 Å². The molecule has 1 N–H and O–H groups in total. The van der Waals surface area contributed by atoms with Gasteiger partial charge >= 0.3 is 12.3 Å². The van der Waals surface area contributed by atoms with E-state index < -0.39 is 24.4 Å². The van der Waals surface area contributed by atoms with Crippen molar-refractivity contribution in [3.8, 4) is 0 Å². The number of hydrogen-bond donors (Lipinski definition) is 1. The summed E-state index contributed by atoms with van der Waals surface area (Å²) in [5.41, 5.74) is -0.589. The molecule has 7 heteroatoms. The lowest BCUT2D eigenvalue weighted by molar-refractivity contribution is -0.126. The van der Waals surface area contributed by atoms with Gasteiger partial charge in [-0.1, -0.05) is 0 Å². The maximum Gasteiger partial charge on any atom is 0.410 e. The summed E-state index contributed by atoms with van der Waals surface area (Å²) in [6.45, 7) is 4.90. The van der Waals surface area contributed by atoms with Gasteiger partial charge in [0.15, 0.2) is 0 Å². The molecule has 0 aliphatic carbocycles. The third kappa shape index (κ3) is 5.57. The summed E-state index contributed by atoms with van der Waals surface area (Å²) in [6.07, 6.45) is -4.19. The maximum atomic E-state index is 12.0. The number of halogens is 3. The van der Waals surface area contributed by atoms with Gasteiger partial charge in [0.2, 0.25) is 0 Å². The SMILES string of the molecule is CC(C)(C)OC(=O)N1CC[C@H](NCC(F)(F)F)C1. The van der Waals surface area contributed by atoms with E-state index in [2.05, 4.69) is 5.32 Å². The second-order valence-corrected chi connectivity index (χ2v) is 5.41. The molecule has 0 bridgehead atoms. The first-order valence-corrected chi connectivity index (χ1v) is 5.85. The summed E-state index contributed by atoms with van der Waals surface area (Å²) in [5, 5.41) is 2.39. The van der Waals surface area contributed by atoms with E-state index in [9.17, 15) is 18.0 Å². The second kappa shape index (κ2) is 5.34. The zero-order valence-corrected chi connectivity index (χ0v) is 10.8. The predicted octanol–water partition coefficient (Wildman–Crippen LogP) is 2.15. The zero-order chi connectivity index (χ0) is 14.0. The fourth-order valence-corrected chi connectivity index (χ4v) is 1.68. The molecule has 0 saturated carbocycles. The smallest absolute Gasteiger partial charge is 0.410 e. The first-order chi connectivity index (χ1) is 8.07. The van der Waals surface area contributed by atoms with Gasteiger partial charge in [0.05, 0.1) is 6.54 Å². The number of rotatable bonds is 2. The van der Waals surface area contributed by atoms with Crippen molar-refractivity contribution < 1.29 is 22.7 Å². The van der Waals surface area contributed by atoms with Gasteiger partial charge in [-0.15, -0.1) is 0 Å². The van der Waals surface area contributed by atoms with Crippen LogP contribution in [0.2, 0.25) is 0 Å². The van der Waals surface area contributed by atoms with Crippen molar-refractivity contribution in [1.29, 1.82) is 0 Å². The van der Waals surface area contributed by atoms with Crippen molar-refractivity contribution in [3.05, 3.63) is 0 Å². The number of carbonyl (C=O) groups is 1. The quantitative estimate of drug-likeness (QED) is 0.834. The monoisotopic (exact) mass is 268 g/mol. The van der Waals surface area contributed by atoms with Crippen LogP contribution in [-0.4, -0.2) is 48.4 Å². The molecule has 0 unspecified atom stereocenters. The third-order valence-electron chi connectivity index (χ3n) is 2.43. The van der Waals surface area contributed by atoms with Crippen molar-refractivity contribution in [2.75, 3.05) is 19.6 Å². The van der Waals surface area contributed by atoms with Crippen LogP contribution in [0.25, 0.3) is 0 Å². The Kier molecular flexibility index (Phi) is 4.47. The molecule has 1 amide bonds. The molecule has 18 heavy (non-hydrogen) atoms. The molecule has 1 saturated heterocycles. The van der Waals surface area contributed by atoms with Crippen LogP contribution in [0.5, 0.6) is 0 Å². The number of nitrogens with one attached hydrogen (secondary N) is 1. The molecule has 0 spiro atoms. The number of amides is 1. The highest BCUT2D eigenvalue weighted by Gasteiger charge is 2.33. The Bertz CT molecular complexity index is 300. The molecule has 0 aromatic rings. The maximum absolute atomic E-state index is 12.0. The topological polar surface area (TPSA) is 41.6 Å². The van der Waals surface area contributed by atoms with E-state index in [4.69, 9.17) is 4.74 Å². The van der Waals surface area contributed by atoms with Crippen LogP contribution in [0.15, 0.2) is 0 Å². The third-order valence-corrected chi connectivity index (χ3v) is 2.43. The summed E-state index contributed by atoms with van der Waals surface area (Å²) < 4.78 is 41.2. The Morgan fingerprint density at radius 2 is 2.00 bits per heavy atom. The zero-order valence-electron chi connectivity index (χ0n) is 10.8.